The molecule has 0 aliphatic heterocycles. The van der Waals surface area contributed by atoms with Gasteiger partial charge < -0.3 is 20.2 Å². The van der Waals surface area contributed by atoms with Crippen LogP contribution in [0.15, 0.2) is 22.8 Å². The van der Waals surface area contributed by atoms with Crippen LogP contribution < -0.4 is 10.6 Å². The molecule has 5 nitrogen and oxygen atoms in total. The van der Waals surface area contributed by atoms with Crippen molar-refractivity contribution in [3.63, 3.8) is 0 Å². The molecule has 1 aromatic heterocycles. The molecule has 20 heavy (non-hydrogen) atoms. The minimum Gasteiger partial charge on any atom is -0.467 e. The van der Waals surface area contributed by atoms with Gasteiger partial charge in [-0.2, -0.15) is 0 Å². The van der Waals surface area contributed by atoms with Gasteiger partial charge in [0.1, 0.15) is 11.9 Å². The van der Waals surface area contributed by atoms with Crippen LogP contribution in [0.25, 0.3) is 0 Å². The lowest BCUT2D eigenvalue weighted by molar-refractivity contribution is 0.129. The molecule has 0 aliphatic carbocycles. The molecule has 2 unspecified atom stereocenters. The van der Waals surface area contributed by atoms with Crippen molar-refractivity contribution in [2.24, 2.45) is 5.92 Å². The SMILES string of the molecule is CC(C)CCCNC(=O)NC(C)CC(O)c1ccco1. The van der Waals surface area contributed by atoms with Gasteiger partial charge in [-0.1, -0.05) is 13.8 Å². The Hall–Kier alpha value is -1.49. The molecular formula is C15H26N2O3. The van der Waals surface area contributed by atoms with Gasteiger partial charge in [-0.05, 0) is 37.8 Å². The first-order valence-electron chi connectivity index (χ1n) is 7.25. The van der Waals surface area contributed by atoms with Crippen LogP contribution in [0, 0.1) is 5.92 Å². The molecule has 0 saturated heterocycles. The molecule has 2 amide bonds. The molecular weight excluding hydrogens is 256 g/mol. The zero-order valence-electron chi connectivity index (χ0n) is 12.6. The molecule has 5 heteroatoms. The van der Waals surface area contributed by atoms with Crippen LogP contribution >= 0.6 is 0 Å². The second-order valence-electron chi connectivity index (χ2n) is 5.60. The summed E-state index contributed by atoms with van der Waals surface area (Å²) in [7, 11) is 0. The third-order valence-electron chi connectivity index (χ3n) is 3.07. The Morgan fingerprint density at radius 1 is 1.40 bits per heavy atom. The van der Waals surface area contributed by atoms with Gasteiger partial charge in [0.25, 0.3) is 0 Å². The summed E-state index contributed by atoms with van der Waals surface area (Å²) in [6, 6.07) is 3.15. The molecule has 0 saturated carbocycles. The molecule has 0 spiro atoms. The molecule has 0 aliphatic rings. The molecule has 3 N–H and O–H groups in total. The zero-order chi connectivity index (χ0) is 15.0. The van der Waals surface area contributed by atoms with Gasteiger partial charge in [0.15, 0.2) is 0 Å². The minimum atomic E-state index is -0.693. The van der Waals surface area contributed by atoms with Gasteiger partial charge in [-0.15, -0.1) is 0 Å². The van der Waals surface area contributed by atoms with Crippen molar-refractivity contribution in [1.29, 1.82) is 0 Å². The molecule has 114 valence electrons. The van der Waals surface area contributed by atoms with Crippen LogP contribution in [0.4, 0.5) is 4.79 Å². The number of carbonyl (C=O) groups excluding carboxylic acids is 1. The van der Waals surface area contributed by atoms with Gasteiger partial charge in [-0.3, -0.25) is 0 Å². The lowest BCUT2D eigenvalue weighted by Gasteiger charge is -2.17. The molecule has 0 fully saturated rings. The third kappa shape index (κ3) is 6.61. The Labute approximate surface area is 120 Å². The number of hydrogen-bond acceptors (Lipinski definition) is 3. The molecule has 0 radical (unpaired) electrons. The molecule has 0 bridgehead atoms. The van der Waals surface area contributed by atoms with Crippen molar-refractivity contribution in [3.8, 4) is 0 Å². The molecule has 0 aromatic carbocycles. The Balaban J connectivity index is 2.18. The lowest BCUT2D eigenvalue weighted by Crippen LogP contribution is -2.41. The Bertz CT molecular complexity index is 376. The summed E-state index contributed by atoms with van der Waals surface area (Å²) in [5.74, 6) is 1.18. The van der Waals surface area contributed by atoms with Crippen molar-refractivity contribution in [1.82, 2.24) is 10.6 Å². The van der Waals surface area contributed by atoms with Gasteiger partial charge in [0.05, 0.1) is 6.26 Å². The van der Waals surface area contributed by atoms with Crippen LogP contribution in [0.2, 0.25) is 0 Å². The second-order valence-corrected chi connectivity index (χ2v) is 5.60. The van der Waals surface area contributed by atoms with Crippen molar-refractivity contribution in [3.05, 3.63) is 24.2 Å². The van der Waals surface area contributed by atoms with E-state index >= 15 is 0 Å². The number of hydrogen-bond donors (Lipinski definition) is 3. The Kier molecular flexibility index (Phi) is 7.15. The first-order chi connectivity index (χ1) is 9.49. The maximum absolute atomic E-state index is 11.6. The zero-order valence-corrected chi connectivity index (χ0v) is 12.6. The number of aliphatic hydroxyl groups excluding tert-OH is 1. The predicted molar refractivity (Wildman–Crippen MR) is 78.4 cm³/mol. The summed E-state index contributed by atoms with van der Waals surface area (Å²) in [5.41, 5.74) is 0. The van der Waals surface area contributed by atoms with Crippen molar-refractivity contribution < 1.29 is 14.3 Å². The first kappa shape index (κ1) is 16.6. The average Bonchev–Trinajstić information content (AvgIpc) is 2.88. The molecule has 1 heterocycles. The van der Waals surface area contributed by atoms with E-state index in [1.807, 2.05) is 6.92 Å². The molecule has 1 aromatic rings. The lowest BCUT2D eigenvalue weighted by atomic mass is 10.1. The van der Waals surface area contributed by atoms with Crippen LogP contribution in [0.5, 0.6) is 0 Å². The summed E-state index contributed by atoms with van der Waals surface area (Å²) in [6.07, 6.45) is 3.34. The fraction of sp³-hybridized carbons (Fsp3) is 0.667. The van der Waals surface area contributed by atoms with E-state index in [-0.39, 0.29) is 12.1 Å². The van der Waals surface area contributed by atoms with Crippen LogP contribution in [-0.2, 0) is 0 Å². The summed E-state index contributed by atoms with van der Waals surface area (Å²) in [4.78, 5) is 11.6. The maximum Gasteiger partial charge on any atom is 0.314 e. The van der Waals surface area contributed by atoms with Crippen LogP contribution in [-0.4, -0.2) is 23.7 Å². The number of rotatable bonds is 8. The largest absolute Gasteiger partial charge is 0.467 e. The summed E-state index contributed by atoms with van der Waals surface area (Å²) in [5, 5.41) is 15.5. The van der Waals surface area contributed by atoms with E-state index in [1.54, 1.807) is 12.1 Å². The number of amides is 2. The van der Waals surface area contributed by atoms with E-state index in [0.29, 0.717) is 24.6 Å². The van der Waals surface area contributed by atoms with Crippen molar-refractivity contribution in [2.75, 3.05) is 6.54 Å². The number of nitrogens with one attached hydrogen (secondary N) is 2. The highest BCUT2D eigenvalue weighted by Gasteiger charge is 2.16. The van der Waals surface area contributed by atoms with E-state index in [9.17, 15) is 9.90 Å². The second kappa shape index (κ2) is 8.64. The van der Waals surface area contributed by atoms with E-state index < -0.39 is 6.10 Å². The summed E-state index contributed by atoms with van der Waals surface area (Å²) >= 11 is 0. The van der Waals surface area contributed by atoms with Gasteiger partial charge >= 0.3 is 6.03 Å². The molecule has 1 rings (SSSR count). The van der Waals surface area contributed by atoms with E-state index in [0.717, 1.165) is 12.8 Å². The molecule has 2 atom stereocenters. The first-order valence-corrected chi connectivity index (χ1v) is 7.25. The fourth-order valence-corrected chi connectivity index (χ4v) is 1.98. The third-order valence-corrected chi connectivity index (χ3v) is 3.07. The average molecular weight is 282 g/mol. The highest BCUT2D eigenvalue weighted by atomic mass is 16.4. The maximum atomic E-state index is 11.6. The number of urea groups is 1. The van der Waals surface area contributed by atoms with E-state index in [2.05, 4.69) is 24.5 Å². The number of carbonyl (C=O) groups is 1. The monoisotopic (exact) mass is 282 g/mol. The van der Waals surface area contributed by atoms with Crippen molar-refractivity contribution >= 4 is 6.03 Å². The van der Waals surface area contributed by atoms with Gasteiger partial charge in [0.2, 0.25) is 0 Å². The quantitative estimate of drug-likeness (QED) is 0.642. The van der Waals surface area contributed by atoms with E-state index in [4.69, 9.17) is 4.42 Å². The predicted octanol–water partition coefficient (Wildman–Crippen LogP) is 2.83. The minimum absolute atomic E-state index is 0.125. The Morgan fingerprint density at radius 3 is 2.75 bits per heavy atom. The Morgan fingerprint density at radius 2 is 2.15 bits per heavy atom. The van der Waals surface area contributed by atoms with Crippen LogP contribution in [0.3, 0.4) is 0 Å². The van der Waals surface area contributed by atoms with Gasteiger partial charge in [0, 0.05) is 19.0 Å². The van der Waals surface area contributed by atoms with Crippen LogP contribution in [0.1, 0.15) is 51.9 Å². The fourth-order valence-electron chi connectivity index (χ4n) is 1.98. The normalized spacial score (nSPS) is 14.1. The van der Waals surface area contributed by atoms with Crippen molar-refractivity contribution in [2.45, 2.75) is 52.2 Å². The standard InChI is InChI=1S/C15H26N2O3/c1-11(2)6-4-8-16-15(19)17-12(3)10-13(18)14-7-5-9-20-14/h5,7,9,11-13,18H,4,6,8,10H2,1-3H3,(H2,16,17,19). The number of furan rings is 1. The highest BCUT2D eigenvalue weighted by Crippen LogP contribution is 2.18. The number of aliphatic hydroxyl groups is 1. The summed E-state index contributed by atoms with van der Waals surface area (Å²) in [6.45, 7) is 6.87. The topological polar surface area (TPSA) is 74.5 Å². The smallest absolute Gasteiger partial charge is 0.314 e. The summed E-state index contributed by atoms with van der Waals surface area (Å²) < 4.78 is 5.12. The highest BCUT2D eigenvalue weighted by molar-refractivity contribution is 5.74. The van der Waals surface area contributed by atoms with E-state index in [1.165, 1.54) is 6.26 Å². The van der Waals surface area contributed by atoms with Gasteiger partial charge in [-0.25, -0.2) is 4.79 Å².